The second-order valence-corrected chi connectivity index (χ2v) is 19.7. The minimum atomic E-state index is -0.809. The number of hydrogen-bond acceptors (Lipinski definition) is 6. The summed E-state index contributed by atoms with van der Waals surface area (Å²) < 4.78 is 16.9. The second kappa shape index (κ2) is 60.4. The molecule has 6 nitrogen and oxygen atoms in total. The summed E-state index contributed by atoms with van der Waals surface area (Å²) in [6.07, 6.45) is 83.3. The van der Waals surface area contributed by atoms with E-state index in [1.807, 2.05) is 24.3 Å². The number of esters is 3. The Hall–Kier alpha value is -4.19. The maximum atomic E-state index is 12.9. The van der Waals surface area contributed by atoms with Crippen LogP contribution in [0.2, 0.25) is 0 Å². The lowest BCUT2D eigenvalue weighted by molar-refractivity contribution is -0.167. The lowest BCUT2D eigenvalue weighted by Gasteiger charge is -2.18. The summed E-state index contributed by atoms with van der Waals surface area (Å²) in [5.41, 5.74) is 0. The van der Waals surface area contributed by atoms with Crippen molar-refractivity contribution >= 4 is 17.9 Å². The van der Waals surface area contributed by atoms with Gasteiger partial charge in [-0.3, -0.25) is 14.4 Å². The van der Waals surface area contributed by atoms with Crippen LogP contribution in [0, 0.1) is 0 Å². The first-order valence-corrected chi connectivity index (χ1v) is 30.1. The van der Waals surface area contributed by atoms with Gasteiger partial charge in [-0.2, -0.15) is 0 Å². The molecule has 0 rings (SSSR count). The van der Waals surface area contributed by atoms with Gasteiger partial charge in [-0.15, -0.1) is 0 Å². The highest BCUT2D eigenvalue weighted by molar-refractivity contribution is 5.71. The molecule has 0 saturated carbocycles. The molecule has 1 unspecified atom stereocenters. The van der Waals surface area contributed by atoms with Crippen molar-refractivity contribution in [3.05, 3.63) is 122 Å². The van der Waals surface area contributed by atoms with Gasteiger partial charge < -0.3 is 14.2 Å². The normalized spacial score (nSPS) is 13.0. The van der Waals surface area contributed by atoms with E-state index >= 15 is 0 Å². The van der Waals surface area contributed by atoms with Crippen molar-refractivity contribution in [1.29, 1.82) is 0 Å². The van der Waals surface area contributed by atoms with Crippen LogP contribution in [0.4, 0.5) is 0 Å². The monoisotopic (exact) mass is 1010 g/mol. The molecule has 0 fully saturated rings. The van der Waals surface area contributed by atoms with Gasteiger partial charge in [0, 0.05) is 19.3 Å². The van der Waals surface area contributed by atoms with E-state index in [9.17, 15) is 14.4 Å². The van der Waals surface area contributed by atoms with Crippen LogP contribution in [0.15, 0.2) is 122 Å². The molecule has 0 radical (unpaired) electrons. The Bertz CT molecular complexity index is 1540. The summed E-state index contributed by atoms with van der Waals surface area (Å²) in [5.74, 6) is -0.955. The van der Waals surface area contributed by atoms with E-state index in [0.717, 1.165) is 122 Å². The van der Waals surface area contributed by atoms with Gasteiger partial charge in [-0.25, -0.2) is 0 Å². The molecule has 0 aliphatic heterocycles. The van der Waals surface area contributed by atoms with Gasteiger partial charge in [0.2, 0.25) is 0 Å². The molecule has 0 saturated heterocycles. The van der Waals surface area contributed by atoms with Crippen molar-refractivity contribution in [3.63, 3.8) is 0 Å². The van der Waals surface area contributed by atoms with Gasteiger partial charge in [0.25, 0.3) is 0 Å². The van der Waals surface area contributed by atoms with Gasteiger partial charge in [0.05, 0.1) is 0 Å². The third kappa shape index (κ3) is 58.6. The van der Waals surface area contributed by atoms with Crippen LogP contribution in [0.1, 0.15) is 265 Å². The van der Waals surface area contributed by atoms with Gasteiger partial charge >= 0.3 is 17.9 Å². The van der Waals surface area contributed by atoms with E-state index in [4.69, 9.17) is 14.2 Å². The molecule has 0 N–H and O–H groups in total. The van der Waals surface area contributed by atoms with Crippen LogP contribution in [-0.4, -0.2) is 37.2 Å². The Kier molecular flexibility index (Phi) is 56.9. The smallest absolute Gasteiger partial charge is 0.306 e. The first-order valence-electron chi connectivity index (χ1n) is 30.1. The first kappa shape index (κ1) is 68.8. The summed E-state index contributed by atoms with van der Waals surface area (Å²) in [6.45, 7) is 6.40. The molecule has 0 aliphatic rings. The van der Waals surface area contributed by atoms with E-state index in [2.05, 4.69) is 118 Å². The predicted octanol–water partition coefficient (Wildman–Crippen LogP) is 20.4. The Balaban J connectivity index is 4.50. The molecule has 6 heteroatoms. The predicted molar refractivity (Wildman–Crippen MR) is 316 cm³/mol. The average molecular weight is 1010 g/mol. The standard InChI is InChI=1S/C67H110O6/c1-4-7-10-13-16-19-22-25-28-31-34-37-39-42-45-48-51-54-57-60-66(69)72-63-64(73-67(70)61-58-55-52-49-46-43-40-36-33-30-27-24-21-18-15-12-9-6-3)62-71-65(68)59-56-53-50-47-44-41-38-35-32-29-26-23-20-17-14-11-8-5-2/h7,10,12,15-16,18-19,21,24-25,27-28,30,33-34,36-37,40,42,45,64H,4-6,8-9,11,13-14,17,20,22-23,26,29,31-32,35,38-39,41,43-44,46-63H2,1-3H3/b10-7-,15-12-,19-16-,21-18-,27-24-,28-25-,33-30-,37-34-,40-36-,45-42-. The second-order valence-electron chi connectivity index (χ2n) is 19.7. The maximum Gasteiger partial charge on any atom is 0.306 e. The summed E-state index contributed by atoms with van der Waals surface area (Å²) >= 11 is 0. The topological polar surface area (TPSA) is 78.9 Å². The molecule has 0 spiro atoms. The molecule has 0 amide bonds. The van der Waals surface area contributed by atoms with Crippen molar-refractivity contribution in [1.82, 2.24) is 0 Å². The summed E-state index contributed by atoms with van der Waals surface area (Å²) in [6, 6.07) is 0. The maximum absolute atomic E-state index is 12.9. The van der Waals surface area contributed by atoms with Crippen molar-refractivity contribution in [2.75, 3.05) is 13.2 Å². The van der Waals surface area contributed by atoms with Crippen LogP contribution in [0.3, 0.4) is 0 Å². The molecule has 0 bridgehead atoms. The van der Waals surface area contributed by atoms with Gasteiger partial charge in [-0.1, -0.05) is 284 Å². The minimum Gasteiger partial charge on any atom is -0.462 e. The zero-order valence-electron chi connectivity index (χ0n) is 47.4. The Morgan fingerprint density at radius 2 is 0.616 bits per heavy atom. The van der Waals surface area contributed by atoms with Crippen molar-refractivity contribution < 1.29 is 28.6 Å². The van der Waals surface area contributed by atoms with E-state index in [-0.39, 0.29) is 37.5 Å². The Morgan fingerprint density at radius 1 is 0.301 bits per heavy atom. The third-order valence-corrected chi connectivity index (χ3v) is 12.6. The molecule has 0 aromatic carbocycles. The highest BCUT2D eigenvalue weighted by Crippen LogP contribution is 2.16. The number of carbonyl (C=O) groups excluding carboxylic acids is 3. The Morgan fingerprint density at radius 3 is 1.03 bits per heavy atom. The zero-order chi connectivity index (χ0) is 52.9. The van der Waals surface area contributed by atoms with E-state index in [0.29, 0.717) is 12.8 Å². The summed E-state index contributed by atoms with van der Waals surface area (Å²) in [5, 5.41) is 0. The van der Waals surface area contributed by atoms with E-state index in [1.54, 1.807) is 0 Å². The van der Waals surface area contributed by atoms with Crippen LogP contribution in [-0.2, 0) is 28.6 Å². The molecule has 1 atom stereocenters. The largest absolute Gasteiger partial charge is 0.462 e. The lowest BCUT2D eigenvalue weighted by Crippen LogP contribution is -2.30. The molecular formula is C67H110O6. The summed E-state index contributed by atoms with van der Waals surface area (Å²) in [4.78, 5) is 38.3. The van der Waals surface area contributed by atoms with E-state index < -0.39 is 6.10 Å². The van der Waals surface area contributed by atoms with E-state index in [1.165, 1.54) is 103 Å². The van der Waals surface area contributed by atoms with Crippen LogP contribution < -0.4 is 0 Å². The minimum absolute atomic E-state index is 0.100. The third-order valence-electron chi connectivity index (χ3n) is 12.6. The van der Waals surface area contributed by atoms with Gasteiger partial charge in [-0.05, 0) is 83.5 Å². The quantitative estimate of drug-likeness (QED) is 0.0199. The van der Waals surface area contributed by atoms with Crippen molar-refractivity contribution in [3.8, 4) is 0 Å². The van der Waals surface area contributed by atoms with Crippen LogP contribution in [0.5, 0.6) is 0 Å². The van der Waals surface area contributed by atoms with Crippen LogP contribution >= 0.6 is 0 Å². The number of unbranched alkanes of at least 4 members (excludes halogenated alkanes) is 26. The highest BCUT2D eigenvalue weighted by Gasteiger charge is 2.19. The molecule has 0 heterocycles. The molecule has 0 aromatic rings. The fourth-order valence-electron chi connectivity index (χ4n) is 8.09. The number of carbonyl (C=O) groups is 3. The molecule has 0 aliphatic carbocycles. The lowest BCUT2D eigenvalue weighted by atomic mass is 10.0. The fraction of sp³-hybridized carbons (Fsp3) is 0.657. The molecular weight excluding hydrogens is 901 g/mol. The number of rotatable bonds is 53. The van der Waals surface area contributed by atoms with Crippen LogP contribution in [0.25, 0.3) is 0 Å². The number of ether oxygens (including phenoxy) is 3. The van der Waals surface area contributed by atoms with Gasteiger partial charge in [0.1, 0.15) is 13.2 Å². The SMILES string of the molecule is CC/C=C\C/C=C\C/C=C\C/C=C\C/C=C\CCCCCC(=O)OCC(COC(=O)CCCCCCCCCCCCCCCCCCCC)OC(=O)CCCCCCC\C=C/C=C\C=C/C=C\C=C/CCC. The zero-order valence-corrected chi connectivity index (χ0v) is 47.4. The van der Waals surface area contributed by atoms with Gasteiger partial charge in [0.15, 0.2) is 6.10 Å². The van der Waals surface area contributed by atoms with Crippen molar-refractivity contribution in [2.24, 2.45) is 0 Å². The first-order chi connectivity index (χ1) is 36.0. The fourth-order valence-corrected chi connectivity index (χ4v) is 8.09. The molecule has 73 heavy (non-hydrogen) atoms. The summed E-state index contributed by atoms with van der Waals surface area (Å²) in [7, 11) is 0. The number of hydrogen-bond donors (Lipinski definition) is 0. The average Bonchev–Trinajstić information content (AvgIpc) is 3.39. The highest BCUT2D eigenvalue weighted by atomic mass is 16.6. The Labute approximate surface area is 450 Å². The molecule has 0 aromatic heterocycles. The number of allylic oxidation sites excluding steroid dienone is 20. The van der Waals surface area contributed by atoms with Crippen molar-refractivity contribution in [2.45, 2.75) is 271 Å². The molecule has 414 valence electrons.